The first-order valence-electron chi connectivity index (χ1n) is 8.85. The Morgan fingerprint density at radius 2 is 2.15 bits per heavy atom. The normalized spacial score (nSPS) is 18.7. The van der Waals surface area contributed by atoms with Gasteiger partial charge < -0.3 is 16.8 Å². The van der Waals surface area contributed by atoms with Gasteiger partial charge in [-0.2, -0.15) is 0 Å². The number of nitrogens with one attached hydrogen (secondary N) is 1. The van der Waals surface area contributed by atoms with E-state index >= 15 is 0 Å². The molecule has 1 aromatic heterocycles. The average Bonchev–Trinajstić information content (AvgIpc) is 3.06. The number of hydrogen-bond donors (Lipinski definition) is 3. The summed E-state index contributed by atoms with van der Waals surface area (Å²) in [5, 5.41) is 3.49. The minimum Gasteiger partial charge on any atom is -0.384 e. The highest BCUT2D eigenvalue weighted by atomic mass is 19.1. The number of halogens is 1. The zero-order valence-corrected chi connectivity index (χ0v) is 15.1. The van der Waals surface area contributed by atoms with Crippen LogP contribution in [0.5, 0.6) is 0 Å². The fourth-order valence-corrected chi connectivity index (χ4v) is 3.49. The molecule has 26 heavy (non-hydrogen) atoms. The van der Waals surface area contributed by atoms with Crippen LogP contribution in [0.3, 0.4) is 0 Å². The second kappa shape index (κ2) is 7.85. The Hall–Kier alpha value is -2.44. The first-order chi connectivity index (χ1) is 12.5. The Kier molecular flexibility index (Phi) is 5.54. The highest BCUT2D eigenvalue weighted by Crippen LogP contribution is 2.28. The monoisotopic (exact) mass is 355 g/mol. The largest absolute Gasteiger partial charge is 0.384 e. The third kappa shape index (κ3) is 3.86. The molecule has 2 heterocycles. The molecule has 138 valence electrons. The zero-order chi connectivity index (χ0) is 18.7. The van der Waals surface area contributed by atoms with Crippen molar-refractivity contribution in [2.45, 2.75) is 31.5 Å². The lowest BCUT2D eigenvalue weighted by molar-refractivity contribution is 0.331. The van der Waals surface area contributed by atoms with Crippen molar-refractivity contribution in [3.63, 3.8) is 0 Å². The van der Waals surface area contributed by atoms with Gasteiger partial charge in [-0.15, -0.1) is 0 Å². The zero-order valence-electron chi connectivity index (χ0n) is 15.1. The molecule has 5 N–H and O–H groups in total. The van der Waals surface area contributed by atoms with E-state index in [0.717, 1.165) is 36.2 Å². The molecule has 0 saturated carbocycles. The summed E-state index contributed by atoms with van der Waals surface area (Å²) in [5.41, 5.74) is 14.4. The molecule has 0 bridgehead atoms. The van der Waals surface area contributed by atoms with Crippen LogP contribution in [0, 0.1) is 5.82 Å². The summed E-state index contributed by atoms with van der Waals surface area (Å²) in [7, 11) is 2.10. The number of nitrogen functional groups attached to an aromatic ring is 1. The summed E-state index contributed by atoms with van der Waals surface area (Å²) in [6.45, 7) is 5.47. The van der Waals surface area contributed by atoms with Crippen LogP contribution in [0.15, 0.2) is 48.8 Å². The van der Waals surface area contributed by atoms with Gasteiger partial charge in [0.05, 0.1) is 6.04 Å². The lowest BCUT2D eigenvalue weighted by Crippen LogP contribution is -2.35. The average molecular weight is 355 g/mol. The highest BCUT2D eigenvalue weighted by Gasteiger charge is 2.26. The third-order valence-corrected chi connectivity index (χ3v) is 5.03. The van der Waals surface area contributed by atoms with E-state index in [0.29, 0.717) is 11.4 Å². The number of likely N-dealkylation sites (N-methyl/N-ethyl adjacent to an activating group) is 1. The predicted octanol–water partition coefficient (Wildman–Crippen LogP) is 2.55. The molecule has 0 amide bonds. The lowest BCUT2D eigenvalue weighted by atomic mass is 9.97. The Morgan fingerprint density at radius 3 is 2.73 bits per heavy atom. The van der Waals surface area contributed by atoms with Crippen molar-refractivity contribution in [1.82, 2.24) is 15.2 Å². The fraction of sp³-hybridized carbons (Fsp3) is 0.350. The summed E-state index contributed by atoms with van der Waals surface area (Å²) < 4.78 is 14.3. The maximum absolute atomic E-state index is 14.3. The van der Waals surface area contributed by atoms with Crippen LogP contribution in [-0.4, -0.2) is 29.5 Å². The van der Waals surface area contributed by atoms with Crippen molar-refractivity contribution in [3.8, 4) is 0 Å². The fourth-order valence-electron chi connectivity index (χ4n) is 3.49. The number of hydrogen-bond acceptors (Lipinski definition) is 5. The van der Waals surface area contributed by atoms with Crippen LogP contribution in [0.1, 0.15) is 35.6 Å². The predicted molar refractivity (Wildman–Crippen MR) is 103 cm³/mol. The molecule has 6 heteroatoms. The number of rotatable bonds is 6. The summed E-state index contributed by atoms with van der Waals surface area (Å²) in [6.07, 6.45) is 3.93. The summed E-state index contributed by atoms with van der Waals surface area (Å²) in [6, 6.07) is 8.82. The van der Waals surface area contributed by atoms with Gasteiger partial charge in [-0.1, -0.05) is 24.8 Å². The summed E-state index contributed by atoms with van der Waals surface area (Å²) in [4.78, 5) is 6.47. The lowest BCUT2D eigenvalue weighted by Gasteiger charge is -2.28. The summed E-state index contributed by atoms with van der Waals surface area (Å²) >= 11 is 0. The van der Waals surface area contributed by atoms with Gasteiger partial charge in [0.25, 0.3) is 0 Å². The van der Waals surface area contributed by atoms with Gasteiger partial charge in [-0.25, -0.2) is 9.37 Å². The molecule has 0 radical (unpaired) electrons. The van der Waals surface area contributed by atoms with Gasteiger partial charge in [0.15, 0.2) is 0 Å². The van der Waals surface area contributed by atoms with Crippen LogP contribution in [0.4, 0.5) is 10.2 Å². The molecule has 1 aliphatic rings. The second-order valence-corrected chi connectivity index (χ2v) is 6.81. The van der Waals surface area contributed by atoms with E-state index in [1.54, 1.807) is 18.3 Å². The molecule has 3 rings (SSSR count). The molecule has 2 aromatic rings. The standard InChI is InChI=1S/C20H26FN5/c1-13(18-4-3-9-26(18)2)25-20(16-7-8-19(23)24-12-16)14-5-6-15(11-22)17(21)10-14/h5-8,10,12,18,20,25H,1,3-4,9,11,22H2,2H3,(H2,23,24). The Bertz CT molecular complexity index is 774. The molecule has 0 spiro atoms. The number of nitrogens with two attached hydrogens (primary N) is 2. The molecule has 2 atom stereocenters. The number of pyridine rings is 1. The molecule has 1 fully saturated rings. The maximum atomic E-state index is 14.3. The molecular formula is C20H26FN5. The number of likely N-dealkylation sites (tertiary alicyclic amines) is 1. The molecule has 2 unspecified atom stereocenters. The van der Waals surface area contributed by atoms with Gasteiger partial charge >= 0.3 is 0 Å². The quantitative estimate of drug-likeness (QED) is 0.742. The van der Waals surface area contributed by atoms with Gasteiger partial charge in [0, 0.05) is 30.0 Å². The van der Waals surface area contributed by atoms with Gasteiger partial charge in [-0.3, -0.25) is 4.90 Å². The van der Waals surface area contributed by atoms with Crippen LogP contribution in [0.25, 0.3) is 0 Å². The minimum absolute atomic E-state index is 0.174. The van der Waals surface area contributed by atoms with Crippen molar-refractivity contribution in [1.29, 1.82) is 0 Å². The first-order valence-corrected chi connectivity index (χ1v) is 8.85. The molecule has 1 aliphatic heterocycles. The topological polar surface area (TPSA) is 80.2 Å². The minimum atomic E-state index is -0.302. The number of benzene rings is 1. The SMILES string of the molecule is C=C(NC(c1ccc(N)nc1)c1ccc(CN)c(F)c1)C1CCCN1C. The Balaban J connectivity index is 1.92. The molecule has 5 nitrogen and oxygen atoms in total. The van der Waals surface area contributed by atoms with E-state index in [9.17, 15) is 4.39 Å². The van der Waals surface area contributed by atoms with Crippen LogP contribution >= 0.6 is 0 Å². The van der Waals surface area contributed by atoms with Crippen molar-refractivity contribution in [2.24, 2.45) is 5.73 Å². The Labute approximate surface area is 153 Å². The van der Waals surface area contributed by atoms with E-state index < -0.39 is 0 Å². The van der Waals surface area contributed by atoms with E-state index in [-0.39, 0.29) is 24.4 Å². The summed E-state index contributed by atoms with van der Waals surface area (Å²) in [5.74, 6) is 0.148. The van der Waals surface area contributed by atoms with Gasteiger partial charge in [0.1, 0.15) is 11.6 Å². The van der Waals surface area contributed by atoms with E-state index in [1.165, 1.54) is 6.07 Å². The van der Waals surface area contributed by atoms with Gasteiger partial charge in [0.2, 0.25) is 0 Å². The van der Waals surface area contributed by atoms with Gasteiger partial charge in [-0.05, 0) is 49.7 Å². The van der Waals surface area contributed by atoms with Crippen molar-refractivity contribution in [3.05, 3.63) is 71.3 Å². The van der Waals surface area contributed by atoms with E-state index in [2.05, 4.69) is 28.8 Å². The molecule has 1 aromatic carbocycles. The third-order valence-electron chi connectivity index (χ3n) is 5.03. The number of nitrogens with zero attached hydrogens (tertiary/aromatic N) is 2. The first kappa shape index (κ1) is 18.4. The van der Waals surface area contributed by atoms with Crippen LogP contribution in [-0.2, 0) is 6.54 Å². The maximum Gasteiger partial charge on any atom is 0.128 e. The number of anilines is 1. The van der Waals surface area contributed by atoms with Crippen molar-refractivity contribution in [2.75, 3.05) is 19.3 Å². The van der Waals surface area contributed by atoms with E-state index in [1.807, 2.05) is 12.1 Å². The molecule has 0 aliphatic carbocycles. The van der Waals surface area contributed by atoms with Crippen LogP contribution < -0.4 is 16.8 Å². The van der Waals surface area contributed by atoms with Crippen molar-refractivity contribution >= 4 is 5.82 Å². The van der Waals surface area contributed by atoms with E-state index in [4.69, 9.17) is 11.5 Å². The van der Waals surface area contributed by atoms with Crippen LogP contribution in [0.2, 0.25) is 0 Å². The van der Waals surface area contributed by atoms with Crippen molar-refractivity contribution < 1.29 is 4.39 Å². The molecule has 1 saturated heterocycles. The Morgan fingerprint density at radius 1 is 1.38 bits per heavy atom. The smallest absolute Gasteiger partial charge is 0.128 e. The highest BCUT2D eigenvalue weighted by molar-refractivity contribution is 5.38. The second-order valence-electron chi connectivity index (χ2n) is 6.81. The number of aromatic nitrogens is 1. The molecular weight excluding hydrogens is 329 g/mol.